The molecule has 1 saturated heterocycles. The van der Waals surface area contributed by atoms with Gasteiger partial charge in [-0.1, -0.05) is 0 Å². The van der Waals surface area contributed by atoms with Crippen LogP contribution in [0.4, 0.5) is 0 Å². The molecule has 1 aliphatic carbocycles. The Morgan fingerprint density at radius 1 is 1.00 bits per heavy atom. The van der Waals surface area contributed by atoms with Crippen molar-refractivity contribution in [2.24, 2.45) is 11.8 Å². The first-order chi connectivity index (χ1) is 4.45. The van der Waals surface area contributed by atoms with Crippen LogP contribution in [-0.4, -0.2) is 15.0 Å². The van der Waals surface area contributed by atoms with E-state index in [1.54, 1.807) is 36.3 Å². The molecule has 1 aliphatic heterocycles. The molecule has 1 saturated carbocycles. The van der Waals surface area contributed by atoms with Gasteiger partial charge < -0.3 is 0 Å². The molecule has 0 nitrogen and oxygen atoms in total. The second kappa shape index (κ2) is 2.64. The van der Waals surface area contributed by atoms with Gasteiger partial charge >= 0.3 is 63.1 Å². The van der Waals surface area contributed by atoms with Crippen molar-refractivity contribution >= 4 is 15.0 Å². The monoisotopic (exact) mass is 190 g/mol. The molecule has 0 aromatic rings. The molecule has 0 aromatic carbocycles. The first-order valence-electron chi connectivity index (χ1n) is 4.03. The van der Waals surface area contributed by atoms with Crippen molar-refractivity contribution in [3.63, 3.8) is 0 Å². The first-order valence-corrected chi connectivity index (χ1v) is 6.45. The van der Waals surface area contributed by atoms with Crippen molar-refractivity contribution in [3.05, 3.63) is 0 Å². The number of rotatable bonds is 0. The molecule has 2 rings (SSSR count). The molecule has 0 N–H and O–H groups in total. The quantitative estimate of drug-likeness (QED) is 0.513. The fourth-order valence-corrected chi connectivity index (χ4v) is 5.06. The average Bonchev–Trinajstić information content (AvgIpc) is 1.88. The fourth-order valence-electron chi connectivity index (χ4n) is 2.11. The summed E-state index contributed by atoms with van der Waals surface area (Å²) < 4.78 is 0. The van der Waals surface area contributed by atoms with Crippen LogP contribution < -0.4 is 0 Å². The normalized spacial score (nSPS) is 42.7. The maximum atomic E-state index is 1.61. The molecule has 1 heteroatoms. The van der Waals surface area contributed by atoms with Crippen molar-refractivity contribution in [1.29, 1.82) is 0 Å². The van der Waals surface area contributed by atoms with Crippen molar-refractivity contribution < 1.29 is 0 Å². The summed E-state index contributed by atoms with van der Waals surface area (Å²) in [6.45, 7) is 0. The summed E-state index contributed by atoms with van der Waals surface area (Å²) in [4.78, 5) is 0. The molecule has 2 aliphatic rings. The van der Waals surface area contributed by atoms with E-state index >= 15 is 0 Å². The standard InChI is InChI=1S/C8H14Se/c1-2-7-4-8(3-1)6-9-5-7/h7-8H,1-6H2. The van der Waals surface area contributed by atoms with Gasteiger partial charge in [-0.2, -0.15) is 0 Å². The zero-order valence-electron chi connectivity index (χ0n) is 5.81. The van der Waals surface area contributed by atoms with E-state index < -0.39 is 0 Å². The van der Waals surface area contributed by atoms with Crippen LogP contribution in [0.1, 0.15) is 25.7 Å². The zero-order valence-corrected chi connectivity index (χ0v) is 7.52. The van der Waals surface area contributed by atoms with Gasteiger partial charge in [0.25, 0.3) is 0 Å². The topological polar surface area (TPSA) is 0 Å². The van der Waals surface area contributed by atoms with E-state index in [0.717, 1.165) is 15.0 Å². The Balaban J connectivity index is 1.96. The number of hydrogen-bond donors (Lipinski definition) is 0. The Bertz CT molecular complexity index is 80.7. The van der Waals surface area contributed by atoms with Gasteiger partial charge in [0.1, 0.15) is 0 Å². The van der Waals surface area contributed by atoms with E-state index in [0.29, 0.717) is 0 Å². The SMILES string of the molecule is C1CC2C[Se]CC(C1)C2. The van der Waals surface area contributed by atoms with Crippen molar-refractivity contribution in [3.8, 4) is 0 Å². The van der Waals surface area contributed by atoms with Gasteiger partial charge in [0.05, 0.1) is 0 Å². The Labute approximate surface area is 63.6 Å². The van der Waals surface area contributed by atoms with Crippen LogP contribution in [0.25, 0.3) is 0 Å². The van der Waals surface area contributed by atoms with Gasteiger partial charge in [0.15, 0.2) is 0 Å². The molecular weight excluding hydrogens is 175 g/mol. The predicted molar refractivity (Wildman–Crippen MR) is 40.8 cm³/mol. The summed E-state index contributed by atoms with van der Waals surface area (Å²) in [7, 11) is 0. The van der Waals surface area contributed by atoms with Crippen molar-refractivity contribution in [1.82, 2.24) is 0 Å². The van der Waals surface area contributed by atoms with E-state index in [1.807, 2.05) is 0 Å². The molecule has 1 heterocycles. The van der Waals surface area contributed by atoms with Crippen LogP contribution in [0.5, 0.6) is 0 Å². The zero-order chi connectivity index (χ0) is 6.10. The molecule has 52 valence electrons. The van der Waals surface area contributed by atoms with Gasteiger partial charge in [-0.3, -0.25) is 0 Å². The minimum atomic E-state index is 1.05. The molecule has 2 unspecified atom stereocenters. The summed E-state index contributed by atoms with van der Waals surface area (Å²) >= 11 is 1.05. The third kappa shape index (κ3) is 1.33. The molecular formula is C8H14Se. The van der Waals surface area contributed by atoms with Crippen molar-refractivity contribution in [2.45, 2.75) is 36.3 Å². The predicted octanol–water partition coefficient (Wildman–Crippen LogP) is 2.35. The van der Waals surface area contributed by atoms with Gasteiger partial charge in [0.2, 0.25) is 0 Å². The Morgan fingerprint density at radius 2 is 1.67 bits per heavy atom. The molecule has 2 atom stereocenters. The van der Waals surface area contributed by atoms with Crippen LogP contribution >= 0.6 is 0 Å². The van der Waals surface area contributed by atoms with E-state index in [9.17, 15) is 0 Å². The summed E-state index contributed by atoms with van der Waals surface area (Å²) in [6, 6.07) is 0. The number of fused-ring (bicyclic) bond motifs is 2. The Hall–Kier alpha value is 0.519. The minimum absolute atomic E-state index is 1.05. The van der Waals surface area contributed by atoms with E-state index in [1.165, 1.54) is 11.8 Å². The Kier molecular flexibility index (Phi) is 1.83. The molecule has 0 amide bonds. The first kappa shape index (κ1) is 6.24. The second-order valence-electron chi connectivity index (χ2n) is 3.44. The van der Waals surface area contributed by atoms with Crippen LogP contribution in [0.2, 0.25) is 10.6 Å². The number of hydrogen-bond acceptors (Lipinski definition) is 0. The van der Waals surface area contributed by atoms with E-state index in [4.69, 9.17) is 0 Å². The van der Waals surface area contributed by atoms with Crippen LogP contribution in [-0.2, 0) is 0 Å². The van der Waals surface area contributed by atoms with Gasteiger partial charge in [-0.15, -0.1) is 0 Å². The summed E-state index contributed by atoms with van der Waals surface area (Å²) in [5.41, 5.74) is 0. The van der Waals surface area contributed by atoms with Gasteiger partial charge in [0, 0.05) is 0 Å². The Morgan fingerprint density at radius 3 is 2.22 bits per heavy atom. The second-order valence-corrected chi connectivity index (χ2v) is 5.69. The van der Waals surface area contributed by atoms with Crippen LogP contribution in [0.15, 0.2) is 0 Å². The van der Waals surface area contributed by atoms with E-state index in [2.05, 4.69) is 0 Å². The summed E-state index contributed by atoms with van der Waals surface area (Å²) in [5.74, 6) is 2.36. The molecule has 0 aromatic heterocycles. The average molecular weight is 189 g/mol. The van der Waals surface area contributed by atoms with Crippen LogP contribution in [0, 0.1) is 11.8 Å². The third-order valence-corrected chi connectivity index (χ3v) is 5.57. The van der Waals surface area contributed by atoms with Gasteiger partial charge in [-0.25, -0.2) is 0 Å². The maximum absolute atomic E-state index is 1.61. The fraction of sp³-hybridized carbons (Fsp3) is 1.00. The van der Waals surface area contributed by atoms with Crippen LogP contribution in [0.3, 0.4) is 0 Å². The molecule has 9 heavy (non-hydrogen) atoms. The molecule has 2 fully saturated rings. The molecule has 2 bridgehead atoms. The summed E-state index contributed by atoms with van der Waals surface area (Å²) in [6.07, 6.45) is 6.28. The third-order valence-electron chi connectivity index (χ3n) is 2.60. The molecule has 0 radical (unpaired) electrons. The molecule has 0 spiro atoms. The van der Waals surface area contributed by atoms with Crippen molar-refractivity contribution in [2.75, 3.05) is 0 Å². The van der Waals surface area contributed by atoms with E-state index in [-0.39, 0.29) is 0 Å². The van der Waals surface area contributed by atoms with Gasteiger partial charge in [-0.05, 0) is 0 Å². The summed E-state index contributed by atoms with van der Waals surface area (Å²) in [5, 5.41) is 3.23.